The van der Waals surface area contributed by atoms with Gasteiger partial charge in [-0.2, -0.15) is 0 Å². The van der Waals surface area contributed by atoms with Crippen molar-refractivity contribution in [2.75, 3.05) is 7.11 Å². The molecule has 1 aliphatic rings. The molecule has 1 aromatic carbocycles. The molecule has 5 nitrogen and oxygen atoms in total. The van der Waals surface area contributed by atoms with Gasteiger partial charge in [0.1, 0.15) is 6.04 Å². The predicted octanol–water partition coefficient (Wildman–Crippen LogP) is 3.34. The summed E-state index contributed by atoms with van der Waals surface area (Å²) < 4.78 is 4.89. The number of H-pyrrole nitrogens is 1. The summed E-state index contributed by atoms with van der Waals surface area (Å²) in [5.74, 6) is 0.192. The number of nitrogens with one attached hydrogen (secondary N) is 2. The molecule has 0 radical (unpaired) electrons. The Bertz CT molecular complexity index is 731. The van der Waals surface area contributed by atoms with Crippen LogP contribution in [0.3, 0.4) is 0 Å². The molecule has 0 bridgehead atoms. The summed E-state index contributed by atoms with van der Waals surface area (Å²) >= 11 is 0. The summed E-state index contributed by atoms with van der Waals surface area (Å²) in [4.78, 5) is 27.6. The minimum absolute atomic E-state index is 0.0675. The van der Waals surface area contributed by atoms with Gasteiger partial charge in [-0.25, -0.2) is 4.79 Å². The molecule has 25 heavy (non-hydrogen) atoms. The number of hydrogen-bond donors (Lipinski definition) is 2. The minimum Gasteiger partial charge on any atom is -0.467 e. The topological polar surface area (TPSA) is 71.2 Å². The Kier molecular flexibility index (Phi) is 5.74. The number of hydrogen-bond acceptors (Lipinski definition) is 3. The van der Waals surface area contributed by atoms with Crippen molar-refractivity contribution in [3.05, 3.63) is 36.0 Å². The smallest absolute Gasteiger partial charge is 0.328 e. The molecular formula is C20H26N2O3. The monoisotopic (exact) mass is 342 g/mol. The normalized spacial score (nSPS) is 16.0. The van der Waals surface area contributed by atoms with Gasteiger partial charge in [0.25, 0.3) is 0 Å². The van der Waals surface area contributed by atoms with E-state index >= 15 is 0 Å². The van der Waals surface area contributed by atoms with Gasteiger partial charge in [0, 0.05) is 29.9 Å². The number of esters is 1. The second-order valence-electron chi connectivity index (χ2n) is 6.90. The molecule has 2 aromatic rings. The van der Waals surface area contributed by atoms with Crippen molar-refractivity contribution in [2.24, 2.45) is 5.92 Å². The maximum absolute atomic E-state index is 12.3. The van der Waals surface area contributed by atoms with Crippen LogP contribution >= 0.6 is 0 Å². The number of aromatic nitrogens is 1. The van der Waals surface area contributed by atoms with Crippen molar-refractivity contribution < 1.29 is 14.3 Å². The Morgan fingerprint density at radius 2 is 2.04 bits per heavy atom. The zero-order chi connectivity index (χ0) is 17.6. The van der Waals surface area contributed by atoms with Crippen molar-refractivity contribution >= 4 is 22.8 Å². The number of para-hydroxylation sites is 1. The number of rotatable bonds is 7. The lowest BCUT2D eigenvalue weighted by atomic mass is 10.0. The van der Waals surface area contributed by atoms with Crippen molar-refractivity contribution in [1.29, 1.82) is 0 Å². The summed E-state index contributed by atoms with van der Waals surface area (Å²) in [5.41, 5.74) is 2.02. The van der Waals surface area contributed by atoms with Gasteiger partial charge < -0.3 is 15.0 Å². The van der Waals surface area contributed by atoms with E-state index in [0.717, 1.165) is 22.9 Å². The molecule has 1 aliphatic carbocycles. The third-order valence-corrected chi connectivity index (χ3v) is 5.17. The molecule has 134 valence electrons. The van der Waals surface area contributed by atoms with Gasteiger partial charge in [0.2, 0.25) is 5.91 Å². The molecule has 5 heteroatoms. The minimum atomic E-state index is -0.653. The average Bonchev–Trinajstić information content (AvgIpc) is 3.29. The Hall–Kier alpha value is -2.30. The van der Waals surface area contributed by atoms with Crippen molar-refractivity contribution in [3.63, 3.8) is 0 Å². The second kappa shape index (κ2) is 8.19. The summed E-state index contributed by atoms with van der Waals surface area (Å²) in [6.07, 6.45) is 8.71. The molecule has 1 heterocycles. The number of carbonyl (C=O) groups excluding carboxylic acids is 2. The summed E-state index contributed by atoms with van der Waals surface area (Å²) in [6, 6.07) is 7.28. The van der Waals surface area contributed by atoms with Crippen LogP contribution < -0.4 is 5.32 Å². The lowest BCUT2D eigenvalue weighted by molar-refractivity contribution is -0.145. The second-order valence-corrected chi connectivity index (χ2v) is 6.90. The molecule has 0 saturated heterocycles. The maximum Gasteiger partial charge on any atom is 0.328 e. The van der Waals surface area contributed by atoms with E-state index in [1.54, 1.807) is 0 Å². The Labute approximate surface area is 148 Å². The van der Waals surface area contributed by atoms with E-state index in [9.17, 15) is 9.59 Å². The SMILES string of the molecule is COC(=O)[C@@H](Cc1c[nH]c2ccccc12)NC(=O)CCC1CCCC1. The highest BCUT2D eigenvalue weighted by Crippen LogP contribution is 2.28. The van der Waals surface area contributed by atoms with Crippen LogP contribution in [-0.2, 0) is 20.7 Å². The van der Waals surface area contributed by atoms with Crippen LogP contribution in [0.4, 0.5) is 0 Å². The molecular weight excluding hydrogens is 316 g/mol. The third-order valence-electron chi connectivity index (χ3n) is 5.17. The van der Waals surface area contributed by atoms with Gasteiger partial charge in [-0.05, 0) is 24.0 Å². The fraction of sp³-hybridized carbons (Fsp3) is 0.500. The third kappa shape index (κ3) is 4.41. The predicted molar refractivity (Wildman–Crippen MR) is 97.1 cm³/mol. The van der Waals surface area contributed by atoms with Gasteiger partial charge in [-0.3, -0.25) is 4.79 Å². The van der Waals surface area contributed by atoms with Gasteiger partial charge >= 0.3 is 5.97 Å². The molecule has 0 unspecified atom stereocenters. The van der Waals surface area contributed by atoms with E-state index in [1.165, 1.54) is 32.8 Å². The van der Waals surface area contributed by atoms with E-state index in [4.69, 9.17) is 4.74 Å². The van der Waals surface area contributed by atoms with Crippen LogP contribution in [0.1, 0.15) is 44.1 Å². The molecule has 3 rings (SSSR count). The first kappa shape index (κ1) is 17.5. The van der Waals surface area contributed by atoms with Crippen LogP contribution in [0, 0.1) is 5.92 Å². The Morgan fingerprint density at radius 3 is 2.80 bits per heavy atom. The standard InChI is InChI=1S/C20H26N2O3/c1-25-20(24)18(22-19(23)11-10-14-6-2-3-7-14)12-15-13-21-17-9-5-4-8-16(15)17/h4-5,8-9,13-14,18,21H,2-3,6-7,10-12H2,1H3,(H,22,23)/t18-/m1/s1. The van der Waals surface area contributed by atoms with E-state index < -0.39 is 12.0 Å². The van der Waals surface area contributed by atoms with Crippen LogP contribution in [0.2, 0.25) is 0 Å². The number of aromatic amines is 1. The number of carbonyl (C=O) groups is 2. The molecule has 1 fully saturated rings. The fourth-order valence-corrected chi connectivity index (χ4v) is 3.76. The van der Waals surface area contributed by atoms with Crippen LogP contribution in [0.25, 0.3) is 10.9 Å². The largest absolute Gasteiger partial charge is 0.467 e. The van der Waals surface area contributed by atoms with Gasteiger partial charge in [0.05, 0.1) is 7.11 Å². The average molecular weight is 342 g/mol. The zero-order valence-electron chi connectivity index (χ0n) is 14.7. The summed E-state index contributed by atoms with van der Waals surface area (Å²) in [5, 5.41) is 3.93. The Morgan fingerprint density at radius 1 is 1.28 bits per heavy atom. The molecule has 0 aliphatic heterocycles. The van der Waals surface area contributed by atoms with Gasteiger partial charge in [-0.1, -0.05) is 43.9 Å². The number of benzene rings is 1. The molecule has 2 N–H and O–H groups in total. The number of methoxy groups -OCH3 is 1. The first-order chi connectivity index (χ1) is 12.2. The molecule has 1 amide bonds. The first-order valence-corrected chi connectivity index (χ1v) is 9.09. The number of fused-ring (bicyclic) bond motifs is 1. The van der Waals surface area contributed by atoms with Crippen LogP contribution in [0.15, 0.2) is 30.5 Å². The van der Waals surface area contributed by atoms with Crippen LogP contribution in [0.5, 0.6) is 0 Å². The van der Waals surface area contributed by atoms with Crippen molar-refractivity contribution in [2.45, 2.75) is 51.0 Å². The van der Waals surface area contributed by atoms with E-state index in [-0.39, 0.29) is 5.91 Å². The first-order valence-electron chi connectivity index (χ1n) is 9.09. The number of amides is 1. The van der Waals surface area contributed by atoms with Gasteiger partial charge in [0.15, 0.2) is 0 Å². The quantitative estimate of drug-likeness (QED) is 0.758. The summed E-state index contributed by atoms with van der Waals surface area (Å²) in [6.45, 7) is 0. The molecule has 1 saturated carbocycles. The molecule has 0 spiro atoms. The maximum atomic E-state index is 12.3. The molecule has 1 aromatic heterocycles. The van der Waals surface area contributed by atoms with E-state index in [0.29, 0.717) is 18.8 Å². The van der Waals surface area contributed by atoms with E-state index in [1.807, 2.05) is 30.5 Å². The highest BCUT2D eigenvalue weighted by atomic mass is 16.5. The fourth-order valence-electron chi connectivity index (χ4n) is 3.76. The lowest BCUT2D eigenvalue weighted by Crippen LogP contribution is -2.43. The lowest BCUT2D eigenvalue weighted by Gasteiger charge is -2.17. The Balaban J connectivity index is 1.63. The summed E-state index contributed by atoms with van der Waals surface area (Å²) in [7, 11) is 1.36. The highest BCUT2D eigenvalue weighted by molar-refractivity contribution is 5.87. The highest BCUT2D eigenvalue weighted by Gasteiger charge is 2.24. The van der Waals surface area contributed by atoms with Crippen molar-refractivity contribution in [1.82, 2.24) is 10.3 Å². The zero-order valence-corrected chi connectivity index (χ0v) is 14.7. The van der Waals surface area contributed by atoms with Gasteiger partial charge in [-0.15, -0.1) is 0 Å². The molecule has 1 atom stereocenters. The van der Waals surface area contributed by atoms with E-state index in [2.05, 4.69) is 10.3 Å². The number of ether oxygens (including phenoxy) is 1. The van der Waals surface area contributed by atoms with Crippen LogP contribution in [-0.4, -0.2) is 30.0 Å². The van der Waals surface area contributed by atoms with Crippen molar-refractivity contribution in [3.8, 4) is 0 Å².